The summed E-state index contributed by atoms with van der Waals surface area (Å²) in [6, 6.07) is 6.17. The maximum absolute atomic E-state index is 12.7. The van der Waals surface area contributed by atoms with Crippen molar-refractivity contribution >= 4 is 17.7 Å². The van der Waals surface area contributed by atoms with Gasteiger partial charge in [0.15, 0.2) is 11.5 Å². The molecule has 1 aliphatic carbocycles. The van der Waals surface area contributed by atoms with Gasteiger partial charge in [-0.2, -0.15) is 0 Å². The molecule has 1 aromatic heterocycles. The smallest absolute Gasteiger partial charge is 0.230 e. The van der Waals surface area contributed by atoms with E-state index in [1.54, 1.807) is 0 Å². The topological polar surface area (TPSA) is 91.2 Å². The van der Waals surface area contributed by atoms with Crippen LogP contribution in [0.25, 0.3) is 0 Å². The Morgan fingerprint density at radius 3 is 2.73 bits per heavy atom. The summed E-state index contributed by atoms with van der Waals surface area (Å²) < 4.78 is 13.4. The third-order valence-corrected chi connectivity index (χ3v) is 6.51. The molecule has 1 aliphatic heterocycles. The first kappa shape index (κ1) is 21.0. The number of hydrogen-bond acceptors (Lipinski definition) is 7. The van der Waals surface area contributed by atoms with Crippen molar-refractivity contribution in [2.45, 2.75) is 63.2 Å². The van der Waals surface area contributed by atoms with Gasteiger partial charge in [0.05, 0.1) is 31.1 Å². The van der Waals surface area contributed by atoms with E-state index in [1.807, 2.05) is 22.9 Å². The highest BCUT2D eigenvalue weighted by Crippen LogP contribution is 2.34. The Kier molecular flexibility index (Phi) is 6.76. The number of hydrogen-bond donors (Lipinski definition) is 1. The van der Waals surface area contributed by atoms with E-state index >= 15 is 0 Å². The van der Waals surface area contributed by atoms with Crippen molar-refractivity contribution in [3.63, 3.8) is 0 Å². The monoisotopic (exact) mass is 431 g/mol. The second-order valence-corrected chi connectivity index (χ2v) is 9.12. The summed E-state index contributed by atoms with van der Waals surface area (Å²) in [4.78, 5) is 12.7. The molecule has 1 N–H and O–H groups in total. The van der Waals surface area contributed by atoms with Crippen molar-refractivity contribution in [1.29, 1.82) is 0 Å². The van der Waals surface area contributed by atoms with E-state index in [1.165, 1.54) is 24.6 Å². The van der Waals surface area contributed by atoms with E-state index in [2.05, 4.69) is 34.7 Å². The summed E-state index contributed by atoms with van der Waals surface area (Å²) in [6.45, 7) is 5.50. The highest BCUT2D eigenvalue weighted by atomic mass is 32.2. The van der Waals surface area contributed by atoms with Crippen LogP contribution in [0.4, 0.5) is 0 Å². The molecule has 30 heavy (non-hydrogen) atoms. The lowest BCUT2D eigenvalue weighted by atomic mass is 9.95. The minimum atomic E-state index is -0.110. The van der Waals surface area contributed by atoms with Gasteiger partial charge in [0.25, 0.3) is 0 Å². The molecule has 4 rings (SSSR count). The molecule has 0 bridgehead atoms. The second kappa shape index (κ2) is 9.68. The van der Waals surface area contributed by atoms with Crippen LogP contribution >= 0.6 is 11.8 Å². The summed E-state index contributed by atoms with van der Waals surface area (Å²) in [5.74, 6) is 1.98. The van der Waals surface area contributed by atoms with Gasteiger partial charge in [-0.3, -0.25) is 4.79 Å². The number of fused-ring (bicyclic) bond motifs is 1. The van der Waals surface area contributed by atoms with Crippen molar-refractivity contribution in [1.82, 2.24) is 25.5 Å². The largest absolute Gasteiger partial charge is 0.490 e. The van der Waals surface area contributed by atoms with Gasteiger partial charge in [-0.15, -0.1) is 5.10 Å². The van der Waals surface area contributed by atoms with Gasteiger partial charge >= 0.3 is 0 Å². The molecule has 1 saturated carbocycles. The molecule has 0 spiro atoms. The summed E-state index contributed by atoms with van der Waals surface area (Å²) in [7, 11) is 0. The average molecular weight is 432 g/mol. The van der Waals surface area contributed by atoms with Gasteiger partial charge in [-0.1, -0.05) is 44.5 Å². The first-order valence-electron chi connectivity index (χ1n) is 10.7. The van der Waals surface area contributed by atoms with Crippen LogP contribution in [0.1, 0.15) is 63.6 Å². The zero-order valence-electron chi connectivity index (χ0n) is 17.5. The summed E-state index contributed by atoms with van der Waals surface area (Å²) in [5, 5.41) is 16.0. The van der Waals surface area contributed by atoms with Gasteiger partial charge in [-0.05, 0) is 46.9 Å². The number of benzene rings is 1. The SMILES string of the molecule is CC(C)C(NC(=O)CSc1nnnn1C1CCCC1)c1ccc2c(c1)OCCCO2. The van der Waals surface area contributed by atoms with Gasteiger partial charge in [0.2, 0.25) is 11.1 Å². The maximum atomic E-state index is 12.7. The summed E-state index contributed by atoms with van der Waals surface area (Å²) in [5.41, 5.74) is 1.02. The first-order chi connectivity index (χ1) is 14.6. The lowest BCUT2D eigenvalue weighted by Crippen LogP contribution is -2.33. The predicted molar refractivity (Wildman–Crippen MR) is 114 cm³/mol. The fraction of sp³-hybridized carbons (Fsp3) is 0.619. The molecule has 2 heterocycles. The van der Waals surface area contributed by atoms with Crippen LogP contribution in [0.3, 0.4) is 0 Å². The fourth-order valence-electron chi connectivity index (χ4n) is 4.01. The van der Waals surface area contributed by atoms with Crippen LogP contribution in [0.15, 0.2) is 23.4 Å². The number of amides is 1. The van der Waals surface area contributed by atoms with Gasteiger partial charge < -0.3 is 14.8 Å². The molecular weight excluding hydrogens is 402 g/mol. The summed E-state index contributed by atoms with van der Waals surface area (Å²) >= 11 is 1.39. The zero-order chi connectivity index (χ0) is 20.9. The van der Waals surface area contributed by atoms with Crippen molar-refractivity contribution in [3.05, 3.63) is 23.8 Å². The fourth-order valence-corrected chi connectivity index (χ4v) is 4.77. The normalized spacial score (nSPS) is 17.7. The molecule has 2 aliphatic rings. The molecule has 2 aromatic rings. The van der Waals surface area contributed by atoms with Crippen LogP contribution in [0, 0.1) is 5.92 Å². The number of carbonyl (C=O) groups excluding carboxylic acids is 1. The molecule has 0 radical (unpaired) electrons. The molecule has 1 unspecified atom stereocenters. The molecule has 162 valence electrons. The number of ether oxygens (including phenoxy) is 2. The lowest BCUT2D eigenvalue weighted by molar-refractivity contribution is -0.119. The molecule has 1 atom stereocenters. The van der Waals surface area contributed by atoms with Crippen molar-refractivity contribution in [3.8, 4) is 11.5 Å². The first-order valence-corrected chi connectivity index (χ1v) is 11.7. The van der Waals surface area contributed by atoms with Crippen LogP contribution in [-0.2, 0) is 4.79 Å². The van der Waals surface area contributed by atoms with Crippen LogP contribution in [0.2, 0.25) is 0 Å². The zero-order valence-corrected chi connectivity index (χ0v) is 18.4. The van der Waals surface area contributed by atoms with E-state index in [-0.39, 0.29) is 23.6 Å². The Balaban J connectivity index is 1.40. The highest BCUT2D eigenvalue weighted by Gasteiger charge is 2.24. The number of aromatic nitrogens is 4. The molecule has 9 heteroatoms. The standard InChI is InChI=1S/C21H29N5O3S/c1-14(2)20(15-8-9-17-18(12-15)29-11-5-10-28-17)22-19(27)13-30-21-23-24-25-26(21)16-6-3-4-7-16/h8-9,12,14,16,20H,3-7,10-11,13H2,1-2H3,(H,22,27). The van der Waals surface area contributed by atoms with E-state index in [0.29, 0.717) is 24.4 Å². The van der Waals surface area contributed by atoms with Gasteiger partial charge in [0, 0.05) is 6.42 Å². The molecule has 1 aromatic carbocycles. The van der Waals surface area contributed by atoms with E-state index in [9.17, 15) is 4.79 Å². The third-order valence-electron chi connectivity index (χ3n) is 5.58. The van der Waals surface area contributed by atoms with Crippen molar-refractivity contribution < 1.29 is 14.3 Å². The number of nitrogens with one attached hydrogen (secondary N) is 1. The predicted octanol–water partition coefficient (Wildman–Crippen LogP) is 3.56. The minimum Gasteiger partial charge on any atom is -0.490 e. The molecular formula is C21H29N5O3S. The Labute approximate surface area is 181 Å². The number of nitrogens with zero attached hydrogens (tertiary/aromatic N) is 4. The van der Waals surface area contributed by atoms with Crippen molar-refractivity contribution in [2.75, 3.05) is 19.0 Å². The summed E-state index contributed by atoms with van der Waals surface area (Å²) in [6.07, 6.45) is 5.49. The van der Waals surface area contributed by atoms with Crippen LogP contribution in [-0.4, -0.2) is 45.1 Å². The van der Waals surface area contributed by atoms with E-state index in [0.717, 1.165) is 36.3 Å². The van der Waals surface area contributed by atoms with E-state index in [4.69, 9.17) is 9.47 Å². The molecule has 8 nitrogen and oxygen atoms in total. The Bertz CT molecular complexity index is 866. The van der Waals surface area contributed by atoms with Crippen LogP contribution < -0.4 is 14.8 Å². The van der Waals surface area contributed by atoms with Gasteiger partial charge in [0.1, 0.15) is 0 Å². The third kappa shape index (κ3) is 4.88. The molecule has 0 saturated heterocycles. The second-order valence-electron chi connectivity index (χ2n) is 8.18. The maximum Gasteiger partial charge on any atom is 0.230 e. The number of thioether (sulfide) groups is 1. The lowest BCUT2D eigenvalue weighted by Gasteiger charge is -2.24. The van der Waals surface area contributed by atoms with Gasteiger partial charge in [-0.25, -0.2) is 4.68 Å². The number of rotatable bonds is 7. The Hall–Kier alpha value is -2.29. The number of tetrazole rings is 1. The quantitative estimate of drug-likeness (QED) is 0.670. The average Bonchev–Trinajstić information content (AvgIpc) is 3.37. The minimum absolute atomic E-state index is 0.0354. The molecule has 1 fully saturated rings. The number of carbonyl (C=O) groups is 1. The highest BCUT2D eigenvalue weighted by molar-refractivity contribution is 7.99. The van der Waals surface area contributed by atoms with Crippen molar-refractivity contribution in [2.24, 2.45) is 5.92 Å². The molecule has 1 amide bonds. The van der Waals surface area contributed by atoms with Crippen LogP contribution in [0.5, 0.6) is 11.5 Å². The van der Waals surface area contributed by atoms with E-state index < -0.39 is 0 Å². The Morgan fingerprint density at radius 1 is 1.20 bits per heavy atom. The Morgan fingerprint density at radius 2 is 1.97 bits per heavy atom.